The molecule has 0 saturated heterocycles. The summed E-state index contributed by atoms with van der Waals surface area (Å²) in [4.78, 5) is 0. The third kappa shape index (κ3) is 3.47. The molecular weight excluding hydrogens is 551 g/mol. The van der Waals surface area contributed by atoms with E-state index in [9.17, 15) is 17.6 Å². The molecule has 0 heterocycles. The summed E-state index contributed by atoms with van der Waals surface area (Å²) in [6.45, 7) is 0. The van der Waals surface area contributed by atoms with E-state index in [2.05, 4.69) is 0 Å². The molecule has 0 N–H and O–H groups in total. The molecule has 0 unspecified atom stereocenters. The van der Waals surface area contributed by atoms with Gasteiger partial charge in [-0.15, -0.1) is 0 Å². The molecule has 0 saturated carbocycles. The van der Waals surface area contributed by atoms with Crippen LogP contribution in [0.5, 0.6) is 0 Å². The summed E-state index contributed by atoms with van der Waals surface area (Å²) < 4.78 is 44.0. The molecule has 0 aliphatic heterocycles. The van der Waals surface area contributed by atoms with Crippen LogP contribution in [0.3, 0.4) is 0 Å². The van der Waals surface area contributed by atoms with Gasteiger partial charge in [-0.2, -0.15) is 8.78 Å². The molecule has 0 nitrogen and oxygen atoms in total. The predicted octanol–water partition coefficient (Wildman–Crippen LogP) is 8.69. The second kappa shape index (κ2) is 7.35. The summed E-state index contributed by atoms with van der Waals surface area (Å²) in [6.07, 6.45) is 0. The second-order valence-electron chi connectivity index (χ2n) is 4.18. The normalized spacial score (nSPS) is 26.8. The van der Waals surface area contributed by atoms with Crippen molar-refractivity contribution in [3.8, 4) is 0 Å². The Morgan fingerprint density at radius 2 is 0.833 bits per heavy atom. The first kappa shape index (κ1) is 23.9. The lowest BCUT2D eigenvalue weighted by Crippen LogP contribution is -2.44. The third-order valence-corrected chi connectivity index (χ3v) is 8.27. The van der Waals surface area contributed by atoms with Crippen LogP contribution in [-0.4, -0.2) is 18.9 Å². The number of halogens is 14. The Kier molecular flexibility index (Phi) is 7.31. The van der Waals surface area contributed by atoms with Crippen molar-refractivity contribution < 1.29 is 17.6 Å². The van der Waals surface area contributed by atoms with Crippen LogP contribution in [0, 0.1) is 0 Å². The lowest BCUT2D eigenvalue weighted by atomic mass is 10.3. The molecule has 0 fully saturated rings. The first-order valence-corrected chi connectivity index (χ1v) is 8.93. The van der Waals surface area contributed by atoms with E-state index < -0.39 is 40.6 Å². The molecule has 0 aromatic rings. The van der Waals surface area contributed by atoms with Gasteiger partial charge in [0.25, 0.3) is 0 Å². The highest BCUT2D eigenvalue weighted by molar-refractivity contribution is 6.72. The van der Waals surface area contributed by atoms with Crippen LogP contribution in [0.1, 0.15) is 0 Å². The maximum absolute atomic E-state index is 13.0. The molecule has 0 radical (unpaired) electrons. The average Bonchev–Trinajstić information content (AvgIpc) is 2.65. The Labute approximate surface area is 183 Å². The Hall–Kier alpha value is 1.84. The number of hydrogen-bond acceptors (Lipinski definition) is 0. The maximum Gasteiger partial charge on any atom is 0.322 e. The zero-order chi connectivity index (χ0) is 19.5. The van der Waals surface area contributed by atoms with Gasteiger partial charge in [0.05, 0.1) is 10.1 Å². The highest BCUT2D eigenvalue weighted by Crippen LogP contribution is 2.66. The molecular formula is C10Cl10F4. The maximum atomic E-state index is 13.0. The first-order valence-electron chi connectivity index (χ1n) is 5.15. The molecule has 24 heavy (non-hydrogen) atoms. The van der Waals surface area contributed by atoms with Crippen LogP contribution in [0.25, 0.3) is 0 Å². The van der Waals surface area contributed by atoms with Crippen molar-refractivity contribution in [3.05, 3.63) is 31.8 Å². The number of hydrogen-bond donors (Lipinski definition) is 0. The molecule has 0 aromatic carbocycles. The van der Waals surface area contributed by atoms with Crippen molar-refractivity contribution in [2.24, 2.45) is 0 Å². The number of alkyl halides is 8. The van der Waals surface area contributed by atoms with Crippen molar-refractivity contribution in [1.29, 1.82) is 0 Å². The lowest BCUT2D eigenvalue weighted by molar-refractivity contribution is 0.103. The Bertz CT molecular complexity index is 609. The zero-order valence-corrected chi connectivity index (χ0v) is 17.9. The van der Waals surface area contributed by atoms with Crippen molar-refractivity contribution in [2.75, 3.05) is 0 Å². The largest absolute Gasteiger partial charge is 0.322 e. The number of allylic oxidation sites excluding steroid dienone is 6. The molecule has 14 heteroatoms. The minimum absolute atomic E-state index is 0.386. The summed E-state index contributed by atoms with van der Waals surface area (Å²) in [5.74, 6) is -6.58. The summed E-state index contributed by atoms with van der Waals surface area (Å²) in [5.41, 5.74) is 0. The van der Waals surface area contributed by atoms with E-state index in [1.54, 1.807) is 0 Å². The van der Waals surface area contributed by atoms with Gasteiger partial charge in [-0.3, -0.25) is 0 Å². The van der Waals surface area contributed by atoms with E-state index >= 15 is 0 Å². The molecule has 0 atom stereocenters. The predicted molar refractivity (Wildman–Crippen MR) is 95.0 cm³/mol. The topological polar surface area (TPSA) is 0 Å². The van der Waals surface area contributed by atoms with Gasteiger partial charge < -0.3 is 0 Å². The van der Waals surface area contributed by atoms with E-state index in [4.69, 9.17) is 116 Å². The van der Waals surface area contributed by atoms with E-state index in [1.807, 2.05) is 0 Å². The summed E-state index contributed by atoms with van der Waals surface area (Å²) in [5, 5.41) is -2.42. The quantitative estimate of drug-likeness (QED) is 0.209. The second-order valence-corrected chi connectivity index (χ2v) is 9.68. The summed E-state index contributed by atoms with van der Waals surface area (Å²) in [7, 11) is 0. The fraction of sp³-hybridized carbons (Fsp3) is 0.400. The van der Waals surface area contributed by atoms with Crippen LogP contribution in [0.2, 0.25) is 0 Å². The van der Waals surface area contributed by atoms with Crippen molar-refractivity contribution >= 4 is 116 Å². The number of rotatable bonds is 0. The van der Waals surface area contributed by atoms with Crippen LogP contribution in [-0.2, 0) is 0 Å². The first-order chi connectivity index (χ1) is 10.5. The molecule has 138 valence electrons. The minimum Gasteiger partial charge on any atom is -0.205 e. The van der Waals surface area contributed by atoms with E-state index in [0.29, 0.717) is 0 Å². The van der Waals surface area contributed by atoms with Gasteiger partial charge in [0.1, 0.15) is 10.1 Å². The lowest BCUT2D eigenvalue weighted by Gasteiger charge is -2.31. The van der Waals surface area contributed by atoms with Crippen LogP contribution >= 0.6 is 116 Å². The Morgan fingerprint density at radius 1 is 0.583 bits per heavy atom. The fourth-order valence-electron chi connectivity index (χ4n) is 1.31. The minimum atomic E-state index is -3.42. The zero-order valence-electron chi connectivity index (χ0n) is 10.3. The summed E-state index contributed by atoms with van der Waals surface area (Å²) in [6, 6.07) is 0. The standard InChI is InChI=1S/C5Cl6F2.C5Cl4F2/c6-3(7)1(12)2(13)4(8,9)5(3,10)11;6-1-2(7)4(9)5(10,11)3(1)8. The van der Waals surface area contributed by atoms with Crippen molar-refractivity contribution in [2.45, 2.75) is 18.9 Å². The molecule has 2 aliphatic carbocycles. The van der Waals surface area contributed by atoms with E-state index in [0.717, 1.165) is 0 Å². The molecule has 0 amide bonds. The van der Waals surface area contributed by atoms with Gasteiger partial charge >= 0.3 is 5.92 Å². The van der Waals surface area contributed by atoms with Gasteiger partial charge in [-0.25, -0.2) is 8.78 Å². The van der Waals surface area contributed by atoms with Gasteiger partial charge in [-0.1, -0.05) is 116 Å². The smallest absolute Gasteiger partial charge is 0.205 e. The van der Waals surface area contributed by atoms with Crippen LogP contribution < -0.4 is 0 Å². The van der Waals surface area contributed by atoms with E-state index in [1.165, 1.54) is 0 Å². The molecule has 0 bridgehead atoms. The monoisotopic (exact) mass is 546 g/mol. The summed E-state index contributed by atoms with van der Waals surface area (Å²) >= 11 is 53.1. The van der Waals surface area contributed by atoms with Crippen LogP contribution in [0.15, 0.2) is 31.8 Å². The van der Waals surface area contributed by atoms with Gasteiger partial charge in [-0.05, 0) is 0 Å². The third-order valence-electron chi connectivity index (χ3n) is 2.66. The van der Waals surface area contributed by atoms with Gasteiger partial charge in [0.2, 0.25) is 8.67 Å². The molecule has 2 rings (SSSR count). The molecule has 0 aromatic heterocycles. The van der Waals surface area contributed by atoms with Crippen molar-refractivity contribution in [3.63, 3.8) is 0 Å². The highest BCUT2D eigenvalue weighted by atomic mass is 35.5. The SMILES string of the molecule is FC1(F)C(Cl)=C(Cl)C(Cl)=C1Cl.FC1=C(F)C(Cl)(Cl)C(Cl)(Cl)C1(Cl)Cl. The Morgan fingerprint density at radius 3 is 0.917 bits per heavy atom. The molecule has 0 spiro atoms. The van der Waals surface area contributed by atoms with Crippen LogP contribution in [0.4, 0.5) is 17.6 Å². The molecule has 2 aliphatic rings. The van der Waals surface area contributed by atoms with Gasteiger partial charge in [0.15, 0.2) is 16.0 Å². The average molecular weight is 551 g/mol. The fourth-order valence-corrected chi connectivity index (χ4v) is 3.69. The highest BCUT2D eigenvalue weighted by Gasteiger charge is 2.71. The Balaban J connectivity index is 0.000000243. The van der Waals surface area contributed by atoms with Gasteiger partial charge in [0, 0.05) is 0 Å². The van der Waals surface area contributed by atoms with E-state index in [-0.39, 0.29) is 10.1 Å². The van der Waals surface area contributed by atoms with Crippen molar-refractivity contribution in [1.82, 2.24) is 0 Å².